The fourth-order valence-corrected chi connectivity index (χ4v) is 3.73. The van der Waals surface area contributed by atoms with Crippen LogP contribution in [0.4, 0.5) is 0 Å². The monoisotopic (exact) mass is 394 g/mol. The second kappa shape index (κ2) is 8.68. The summed E-state index contributed by atoms with van der Waals surface area (Å²) in [4.78, 5) is 0. The molecule has 0 fully saturated rings. The van der Waals surface area contributed by atoms with Crippen molar-refractivity contribution in [3.63, 3.8) is 0 Å². The van der Waals surface area contributed by atoms with E-state index in [0.29, 0.717) is 19.6 Å². The van der Waals surface area contributed by atoms with Gasteiger partial charge in [0, 0.05) is 22.8 Å². The van der Waals surface area contributed by atoms with E-state index in [1.54, 1.807) is 20.8 Å². The molecule has 0 saturated carbocycles. The van der Waals surface area contributed by atoms with Gasteiger partial charge in [0.2, 0.25) is 0 Å². The van der Waals surface area contributed by atoms with Crippen molar-refractivity contribution >= 4 is 21.5 Å². The second-order valence-electron chi connectivity index (χ2n) is 6.90. The lowest BCUT2D eigenvalue weighted by Crippen LogP contribution is -2.33. The predicted octanol–water partition coefficient (Wildman–Crippen LogP) is 2.05. The minimum atomic E-state index is -3.69. The van der Waals surface area contributed by atoms with Gasteiger partial charge in [0.1, 0.15) is 6.61 Å². The molecule has 9 heteroatoms. The number of rotatable bonds is 10. The molecule has 2 unspecified atom stereocenters. The summed E-state index contributed by atoms with van der Waals surface area (Å²) in [5.41, 5.74) is -0.595. The van der Waals surface area contributed by atoms with Gasteiger partial charge < -0.3 is 19.3 Å². The van der Waals surface area contributed by atoms with Crippen LogP contribution in [0.3, 0.4) is 0 Å². The highest BCUT2D eigenvalue weighted by molar-refractivity contribution is 7.87. The molecule has 0 spiro atoms. The SMILES string of the molecule is CC(CCOCC1COc2cscc2O1)S(=O)(=O)OCC(C)(C)CO. The van der Waals surface area contributed by atoms with Gasteiger partial charge in [0.15, 0.2) is 17.6 Å². The second-order valence-corrected chi connectivity index (χ2v) is 9.67. The third-order valence-electron chi connectivity index (χ3n) is 3.82. The Hall–Kier alpha value is -0.870. The Morgan fingerprint density at radius 3 is 2.84 bits per heavy atom. The maximum Gasteiger partial charge on any atom is 0.270 e. The van der Waals surface area contributed by atoms with E-state index in [-0.39, 0.29) is 25.9 Å². The lowest BCUT2D eigenvalue weighted by atomic mass is 9.97. The zero-order valence-electron chi connectivity index (χ0n) is 14.8. The van der Waals surface area contributed by atoms with Crippen LogP contribution in [-0.4, -0.2) is 57.9 Å². The molecule has 1 N–H and O–H groups in total. The minimum absolute atomic E-state index is 0.0484. The number of fused-ring (bicyclic) bond motifs is 1. The van der Waals surface area contributed by atoms with Gasteiger partial charge in [-0.25, -0.2) is 0 Å². The Labute approximate surface area is 153 Å². The lowest BCUT2D eigenvalue weighted by Gasteiger charge is -2.24. The Morgan fingerprint density at radius 2 is 2.12 bits per heavy atom. The van der Waals surface area contributed by atoms with E-state index in [0.717, 1.165) is 11.5 Å². The van der Waals surface area contributed by atoms with Crippen molar-refractivity contribution in [3.8, 4) is 11.5 Å². The van der Waals surface area contributed by atoms with Gasteiger partial charge >= 0.3 is 0 Å². The van der Waals surface area contributed by atoms with Gasteiger partial charge in [-0.1, -0.05) is 13.8 Å². The van der Waals surface area contributed by atoms with Crippen molar-refractivity contribution in [1.82, 2.24) is 0 Å². The third kappa shape index (κ3) is 6.10. The number of hydrogen-bond acceptors (Lipinski definition) is 8. The van der Waals surface area contributed by atoms with E-state index in [2.05, 4.69) is 0 Å². The molecule has 0 aromatic carbocycles. The van der Waals surface area contributed by atoms with E-state index < -0.39 is 20.8 Å². The van der Waals surface area contributed by atoms with Crippen LogP contribution in [0.2, 0.25) is 0 Å². The molecule has 1 aromatic heterocycles. The van der Waals surface area contributed by atoms with Crippen LogP contribution in [0.5, 0.6) is 11.5 Å². The van der Waals surface area contributed by atoms with E-state index in [1.165, 1.54) is 11.3 Å². The van der Waals surface area contributed by atoms with E-state index in [4.69, 9.17) is 23.5 Å². The normalized spacial score (nSPS) is 19.0. The van der Waals surface area contributed by atoms with Crippen LogP contribution >= 0.6 is 11.3 Å². The molecular formula is C16H26O7S2. The maximum absolute atomic E-state index is 12.1. The summed E-state index contributed by atoms with van der Waals surface area (Å²) in [6, 6.07) is 0. The Kier molecular flexibility index (Phi) is 7.10. The summed E-state index contributed by atoms with van der Waals surface area (Å²) in [5, 5.41) is 12.2. The first-order valence-electron chi connectivity index (χ1n) is 8.16. The molecule has 1 aromatic rings. The average Bonchev–Trinajstić information content (AvgIpc) is 3.04. The topological polar surface area (TPSA) is 91.3 Å². The number of thiophene rings is 1. The van der Waals surface area contributed by atoms with E-state index in [9.17, 15) is 8.42 Å². The summed E-state index contributed by atoms with van der Waals surface area (Å²) in [6.45, 7) is 5.90. The van der Waals surface area contributed by atoms with Crippen molar-refractivity contribution < 1.29 is 31.9 Å². The highest BCUT2D eigenvalue weighted by Crippen LogP contribution is 2.35. The molecule has 7 nitrogen and oxygen atoms in total. The molecule has 0 amide bonds. The van der Waals surface area contributed by atoms with Crippen LogP contribution in [-0.2, 0) is 19.0 Å². The molecule has 0 bridgehead atoms. The Balaban J connectivity index is 1.67. The minimum Gasteiger partial charge on any atom is -0.485 e. The molecule has 2 rings (SSSR count). The van der Waals surface area contributed by atoms with Gasteiger partial charge in [-0.2, -0.15) is 8.42 Å². The fraction of sp³-hybridized carbons (Fsp3) is 0.750. The molecule has 25 heavy (non-hydrogen) atoms. The summed E-state index contributed by atoms with van der Waals surface area (Å²) >= 11 is 1.51. The highest BCUT2D eigenvalue weighted by atomic mass is 32.2. The molecule has 144 valence electrons. The predicted molar refractivity (Wildman–Crippen MR) is 94.9 cm³/mol. The van der Waals surface area contributed by atoms with Crippen molar-refractivity contribution in [3.05, 3.63) is 10.8 Å². The quantitative estimate of drug-likeness (QED) is 0.480. The summed E-state index contributed by atoms with van der Waals surface area (Å²) in [7, 11) is -3.69. The largest absolute Gasteiger partial charge is 0.485 e. The summed E-state index contributed by atoms with van der Waals surface area (Å²) in [5.74, 6) is 1.48. The number of aliphatic hydroxyl groups is 1. The van der Waals surface area contributed by atoms with Crippen molar-refractivity contribution in [2.24, 2.45) is 5.41 Å². The molecular weight excluding hydrogens is 368 g/mol. The summed E-state index contributed by atoms with van der Waals surface area (Å²) < 4.78 is 46.0. The molecule has 2 atom stereocenters. The standard InChI is InChI=1S/C16H26O7S2/c1-12(25(18,19)22-11-16(2,3)10-17)4-5-20-6-13-7-21-14-8-24-9-15(14)23-13/h8-9,12-13,17H,4-7,10-11H2,1-3H3. The number of ether oxygens (including phenoxy) is 3. The molecule has 0 radical (unpaired) electrons. The van der Waals surface area contributed by atoms with E-state index in [1.807, 2.05) is 10.8 Å². The zero-order valence-corrected chi connectivity index (χ0v) is 16.4. The van der Waals surface area contributed by atoms with Crippen molar-refractivity contribution in [1.29, 1.82) is 0 Å². The van der Waals surface area contributed by atoms with E-state index >= 15 is 0 Å². The molecule has 0 saturated heterocycles. The van der Waals surface area contributed by atoms with Gasteiger partial charge in [0.25, 0.3) is 10.1 Å². The third-order valence-corrected chi connectivity index (χ3v) is 6.19. The molecule has 2 heterocycles. The van der Waals surface area contributed by atoms with Crippen LogP contribution in [0, 0.1) is 5.41 Å². The van der Waals surface area contributed by atoms with Crippen molar-refractivity contribution in [2.75, 3.05) is 33.0 Å². The lowest BCUT2D eigenvalue weighted by molar-refractivity contribution is 0.00868. The first-order chi connectivity index (χ1) is 11.7. The molecule has 1 aliphatic heterocycles. The van der Waals surface area contributed by atoms with Crippen molar-refractivity contribution in [2.45, 2.75) is 38.5 Å². The first kappa shape index (κ1) is 20.4. The van der Waals surface area contributed by atoms with Gasteiger partial charge in [0.05, 0.1) is 25.1 Å². The first-order valence-corrected chi connectivity index (χ1v) is 10.6. The Morgan fingerprint density at radius 1 is 1.40 bits per heavy atom. The van der Waals surface area contributed by atoms with Crippen LogP contribution in [0.25, 0.3) is 0 Å². The zero-order chi connectivity index (χ0) is 18.5. The summed E-state index contributed by atoms with van der Waals surface area (Å²) in [6.07, 6.45) is 0.120. The molecule has 0 aliphatic carbocycles. The van der Waals surface area contributed by atoms with Crippen LogP contribution < -0.4 is 9.47 Å². The maximum atomic E-state index is 12.1. The number of hydrogen-bond donors (Lipinski definition) is 1. The van der Waals surface area contributed by atoms with Gasteiger partial charge in [-0.15, -0.1) is 11.3 Å². The van der Waals surface area contributed by atoms with Crippen LogP contribution in [0.1, 0.15) is 27.2 Å². The van der Waals surface area contributed by atoms with Gasteiger partial charge in [-0.05, 0) is 13.3 Å². The number of aliphatic hydroxyl groups excluding tert-OH is 1. The highest BCUT2D eigenvalue weighted by Gasteiger charge is 2.27. The Bertz CT molecular complexity index is 639. The average molecular weight is 395 g/mol. The smallest absolute Gasteiger partial charge is 0.270 e. The van der Waals surface area contributed by atoms with Gasteiger partial charge in [-0.3, -0.25) is 4.18 Å². The van der Waals surface area contributed by atoms with Crippen LogP contribution in [0.15, 0.2) is 10.8 Å². The molecule has 1 aliphatic rings. The fourth-order valence-electron chi connectivity index (χ4n) is 1.96.